The Labute approximate surface area is 134 Å². The molecule has 3 rings (SSSR count). The van der Waals surface area contributed by atoms with Crippen molar-refractivity contribution in [2.45, 2.75) is 39.3 Å². The maximum absolute atomic E-state index is 5.55. The molecule has 2 saturated heterocycles. The van der Waals surface area contributed by atoms with Gasteiger partial charge in [-0.1, -0.05) is 0 Å². The van der Waals surface area contributed by atoms with Crippen LogP contribution in [-0.4, -0.2) is 55.7 Å². The van der Waals surface area contributed by atoms with E-state index in [1.807, 2.05) is 13.2 Å². The van der Waals surface area contributed by atoms with Gasteiger partial charge in [-0.3, -0.25) is 4.90 Å². The van der Waals surface area contributed by atoms with Crippen molar-refractivity contribution in [2.24, 2.45) is 11.3 Å². The first kappa shape index (κ1) is 16.0. The van der Waals surface area contributed by atoms with E-state index in [0.717, 1.165) is 25.5 Å². The fraction of sp³-hybridized carbons (Fsp3) is 0.778. The minimum absolute atomic E-state index is 0.438. The molecule has 2 aliphatic heterocycles. The molecule has 0 radical (unpaired) electrons. The van der Waals surface area contributed by atoms with Crippen LogP contribution in [0.4, 0.5) is 0 Å². The molecule has 4 nitrogen and oxygen atoms in total. The zero-order valence-electron chi connectivity index (χ0n) is 14.3. The molecule has 2 fully saturated rings. The van der Waals surface area contributed by atoms with Crippen LogP contribution in [-0.2, 0) is 11.3 Å². The van der Waals surface area contributed by atoms with Crippen molar-refractivity contribution in [3.63, 3.8) is 0 Å². The average Bonchev–Trinajstić information content (AvgIpc) is 3.10. The molecule has 0 aliphatic carbocycles. The number of likely N-dealkylation sites (tertiary alicyclic amines) is 2. The Kier molecular flexibility index (Phi) is 4.91. The van der Waals surface area contributed by atoms with E-state index in [-0.39, 0.29) is 0 Å². The predicted octanol–water partition coefficient (Wildman–Crippen LogP) is 2.85. The molecule has 2 aliphatic rings. The third-order valence-corrected chi connectivity index (χ3v) is 5.73. The van der Waals surface area contributed by atoms with Crippen molar-refractivity contribution in [1.29, 1.82) is 0 Å². The van der Waals surface area contributed by atoms with E-state index in [0.29, 0.717) is 17.4 Å². The van der Waals surface area contributed by atoms with Crippen LogP contribution in [0.2, 0.25) is 0 Å². The van der Waals surface area contributed by atoms with Gasteiger partial charge in [0.05, 0.1) is 19.4 Å². The van der Waals surface area contributed by atoms with Crippen molar-refractivity contribution in [2.75, 3.05) is 39.9 Å². The van der Waals surface area contributed by atoms with Crippen molar-refractivity contribution in [3.05, 3.63) is 24.2 Å². The quantitative estimate of drug-likeness (QED) is 0.836. The second kappa shape index (κ2) is 6.73. The van der Waals surface area contributed by atoms with Gasteiger partial charge in [0.2, 0.25) is 0 Å². The van der Waals surface area contributed by atoms with Crippen LogP contribution >= 0.6 is 0 Å². The number of furan rings is 1. The molecule has 124 valence electrons. The minimum atomic E-state index is 0.438. The molecule has 0 saturated carbocycles. The Morgan fingerprint density at radius 3 is 2.73 bits per heavy atom. The summed E-state index contributed by atoms with van der Waals surface area (Å²) in [6.45, 7) is 11.2. The SMILES string of the molecule is COC[C@H]1CN(Cc2ccco2)CC12CCN(C(C)C)CC2. The zero-order chi connectivity index (χ0) is 15.6. The van der Waals surface area contributed by atoms with E-state index in [1.165, 1.54) is 32.5 Å². The maximum atomic E-state index is 5.55. The third-order valence-electron chi connectivity index (χ3n) is 5.73. The molecule has 0 aromatic carbocycles. The standard InChI is InChI=1S/C18H30N2O2/c1-15(2)20-8-6-18(7-9-20)14-19(11-16(18)13-21-3)12-17-5-4-10-22-17/h4-5,10,15-16H,6-9,11-14H2,1-3H3/t16-/m1/s1. The highest BCUT2D eigenvalue weighted by molar-refractivity contribution is 5.03. The van der Waals surface area contributed by atoms with Crippen LogP contribution in [0.25, 0.3) is 0 Å². The van der Waals surface area contributed by atoms with E-state index in [4.69, 9.17) is 9.15 Å². The Balaban J connectivity index is 1.66. The number of piperidine rings is 1. The van der Waals surface area contributed by atoms with Gasteiger partial charge >= 0.3 is 0 Å². The fourth-order valence-corrected chi connectivity index (χ4v) is 4.37. The number of rotatable bonds is 5. The fourth-order valence-electron chi connectivity index (χ4n) is 4.37. The lowest BCUT2D eigenvalue weighted by molar-refractivity contribution is 0.0280. The number of nitrogens with zero attached hydrogens (tertiary/aromatic N) is 2. The smallest absolute Gasteiger partial charge is 0.117 e. The summed E-state index contributed by atoms with van der Waals surface area (Å²) in [5.41, 5.74) is 0.438. The molecule has 1 spiro atoms. The summed E-state index contributed by atoms with van der Waals surface area (Å²) in [5.74, 6) is 1.73. The number of methoxy groups -OCH3 is 1. The van der Waals surface area contributed by atoms with E-state index < -0.39 is 0 Å². The van der Waals surface area contributed by atoms with E-state index in [2.05, 4.69) is 29.7 Å². The third kappa shape index (κ3) is 3.24. The van der Waals surface area contributed by atoms with Crippen molar-refractivity contribution < 1.29 is 9.15 Å². The number of hydrogen-bond donors (Lipinski definition) is 0. The molecular formula is C18H30N2O2. The second-order valence-electron chi connectivity index (χ2n) is 7.39. The van der Waals surface area contributed by atoms with Crippen LogP contribution in [0, 0.1) is 11.3 Å². The molecule has 22 heavy (non-hydrogen) atoms. The van der Waals surface area contributed by atoms with Crippen LogP contribution in [0.15, 0.2) is 22.8 Å². The summed E-state index contributed by atoms with van der Waals surface area (Å²) in [4.78, 5) is 5.18. The van der Waals surface area contributed by atoms with E-state index >= 15 is 0 Å². The van der Waals surface area contributed by atoms with E-state index in [9.17, 15) is 0 Å². The number of ether oxygens (including phenoxy) is 1. The molecule has 0 bridgehead atoms. The van der Waals surface area contributed by atoms with Gasteiger partial charge in [0.25, 0.3) is 0 Å². The largest absolute Gasteiger partial charge is 0.468 e. The van der Waals surface area contributed by atoms with Crippen LogP contribution < -0.4 is 0 Å². The first-order chi connectivity index (χ1) is 10.6. The Morgan fingerprint density at radius 2 is 2.14 bits per heavy atom. The lowest BCUT2D eigenvalue weighted by Gasteiger charge is -2.44. The highest BCUT2D eigenvalue weighted by atomic mass is 16.5. The molecule has 3 heterocycles. The average molecular weight is 306 g/mol. The number of hydrogen-bond acceptors (Lipinski definition) is 4. The van der Waals surface area contributed by atoms with Gasteiger partial charge < -0.3 is 14.1 Å². The van der Waals surface area contributed by atoms with Crippen molar-refractivity contribution in [1.82, 2.24) is 9.80 Å². The Hall–Kier alpha value is -0.840. The van der Waals surface area contributed by atoms with Gasteiger partial charge in [-0.25, -0.2) is 0 Å². The van der Waals surface area contributed by atoms with Crippen LogP contribution in [0.5, 0.6) is 0 Å². The molecule has 1 aromatic rings. The minimum Gasteiger partial charge on any atom is -0.468 e. The van der Waals surface area contributed by atoms with Gasteiger partial charge in [-0.05, 0) is 57.3 Å². The normalized spacial score (nSPS) is 26.3. The molecule has 0 N–H and O–H groups in total. The van der Waals surface area contributed by atoms with Crippen molar-refractivity contribution in [3.8, 4) is 0 Å². The topological polar surface area (TPSA) is 28.9 Å². The summed E-state index contributed by atoms with van der Waals surface area (Å²) in [5, 5.41) is 0. The summed E-state index contributed by atoms with van der Waals surface area (Å²) in [7, 11) is 1.84. The van der Waals surface area contributed by atoms with Crippen LogP contribution in [0.1, 0.15) is 32.4 Å². The zero-order valence-corrected chi connectivity index (χ0v) is 14.3. The van der Waals surface area contributed by atoms with Gasteiger partial charge in [0, 0.05) is 32.2 Å². The molecule has 1 atom stereocenters. The highest BCUT2D eigenvalue weighted by Gasteiger charge is 2.47. The van der Waals surface area contributed by atoms with Gasteiger partial charge in [-0.15, -0.1) is 0 Å². The first-order valence-corrected chi connectivity index (χ1v) is 8.61. The van der Waals surface area contributed by atoms with Gasteiger partial charge in [0.15, 0.2) is 0 Å². The highest BCUT2D eigenvalue weighted by Crippen LogP contribution is 2.45. The summed E-state index contributed by atoms with van der Waals surface area (Å²) < 4.78 is 11.1. The van der Waals surface area contributed by atoms with Crippen LogP contribution in [0.3, 0.4) is 0 Å². The second-order valence-corrected chi connectivity index (χ2v) is 7.39. The summed E-state index contributed by atoms with van der Waals surface area (Å²) in [6.07, 6.45) is 4.37. The molecule has 4 heteroatoms. The monoisotopic (exact) mass is 306 g/mol. The first-order valence-electron chi connectivity index (χ1n) is 8.61. The van der Waals surface area contributed by atoms with Crippen molar-refractivity contribution >= 4 is 0 Å². The molecule has 0 amide bonds. The Morgan fingerprint density at radius 1 is 1.36 bits per heavy atom. The Bertz CT molecular complexity index is 450. The molecular weight excluding hydrogens is 276 g/mol. The lowest BCUT2D eigenvalue weighted by Crippen LogP contribution is -2.47. The maximum Gasteiger partial charge on any atom is 0.117 e. The predicted molar refractivity (Wildman–Crippen MR) is 87.7 cm³/mol. The summed E-state index contributed by atoms with van der Waals surface area (Å²) in [6, 6.07) is 4.73. The lowest BCUT2D eigenvalue weighted by atomic mass is 9.71. The molecule has 1 aromatic heterocycles. The molecule has 0 unspecified atom stereocenters. The summed E-state index contributed by atoms with van der Waals surface area (Å²) >= 11 is 0. The van der Waals surface area contributed by atoms with E-state index in [1.54, 1.807) is 6.26 Å². The van der Waals surface area contributed by atoms with Gasteiger partial charge in [-0.2, -0.15) is 0 Å². The van der Waals surface area contributed by atoms with Gasteiger partial charge in [0.1, 0.15) is 5.76 Å².